The second-order valence-corrected chi connectivity index (χ2v) is 9.12. The van der Waals surface area contributed by atoms with Gasteiger partial charge >= 0.3 is 0 Å². The van der Waals surface area contributed by atoms with Crippen LogP contribution in [-0.4, -0.2) is 14.2 Å². The molecule has 2 rings (SSSR count). The lowest BCUT2D eigenvalue weighted by Gasteiger charge is -2.24. The van der Waals surface area contributed by atoms with Crippen molar-refractivity contribution in [3.05, 3.63) is 35.4 Å². The van der Waals surface area contributed by atoms with Crippen molar-refractivity contribution in [1.29, 1.82) is 0 Å². The Morgan fingerprint density at radius 2 is 1.95 bits per heavy atom. The second-order valence-electron chi connectivity index (χ2n) is 7.24. The summed E-state index contributed by atoms with van der Waals surface area (Å²) in [4.78, 5) is 0. The molecule has 22 heavy (non-hydrogen) atoms. The molecule has 0 saturated heterocycles. The minimum absolute atomic E-state index is 0.0372. The maximum atomic E-state index is 12.3. The summed E-state index contributed by atoms with van der Waals surface area (Å²) in [6.07, 6.45) is 5.83. The van der Waals surface area contributed by atoms with Crippen molar-refractivity contribution in [3.8, 4) is 0 Å². The van der Waals surface area contributed by atoms with Gasteiger partial charge in [0.2, 0.25) is 10.0 Å². The van der Waals surface area contributed by atoms with E-state index in [1.807, 2.05) is 18.2 Å². The summed E-state index contributed by atoms with van der Waals surface area (Å²) >= 11 is 0. The van der Waals surface area contributed by atoms with E-state index in [0.717, 1.165) is 44.1 Å². The molecular formula is C18H29NO2S. The minimum Gasteiger partial charge on any atom is -0.212 e. The summed E-state index contributed by atoms with van der Waals surface area (Å²) in [5.74, 6) is 0.235. The van der Waals surface area contributed by atoms with E-state index in [4.69, 9.17) is 0 Å². The first-order valence-corrected chi connectivity index (χ1v) is 10.1. The number of sulfonamides is 1. The summed E-state index contributed by atoms with van der Waals surface area (Å²) < 4.78 is 27.6. The highest BCUT2D eigenvalue weighted by atomic mass is 32.2. The molecule has 1 N–H and O–H groups in total. The molecule has 1 aliphatic rings. The molecule has 0 fully saturated rings. The van der Waals surface area contributed by atoms with Crippen LogP contribution < -0.4 is 4.72 Å². The predicted octanol–water partition coefficient (Wildman–Crippen LogP) is 4.20. The number of nitrogens with one attached hydrogen (secondary N) is 1. The Morgan fingerprint density at radius 1 is 1.23 bits per heavy atom. The largest absolute Gasteiger partial charge is 0.212 e. The Hall–Kier alpha value is -0.870. The van der Waals surface area contributed by atoms with Crippen LogP contribution in [0.15, 0.2) is 24.3 Å². The zero-order valence-electron chi connectivity index (χ0n) is 14.1. The van der Waals surface area contributed by atoms with Gasteiger partial charge in [-0.25, -0.2) is 13.1 Å². The van der Waals surface area contributed by atoms with Crippen LogP contribution in [0.2, 0.25) is 0 Å². The Labute approximate surface area is 135 Å². The number of aryl methyl sites for hydroxylation is 1. The third-order valence-electron chi connectivity index (χ3n) is 4.65. The number of hydrogen-bond acceptors (Lipinski definition) is 2. The molecular weight excluding hydrogens is 294 g/mol. The molecule has 0 saturated carbocycles. The molecule has 1 aromatic rings. The minimum atomic E-state index is -3.20. The van der Waals surface area contributed by atoms with E-state index < -0.39 is 10.0 Å². The normalized spacial score (nSPS) is 18.4. The summed E-state index contributed by atoms with van der Waals surface area (Å²) in [6, 6.07) is 8.10. The van der Waals surface area contributed by atoms with Crippen molar-refractivity contribution in [3.63, 3.8) is 0 Å². The van der Waals surface area contributed by atoms with E-state index in [0.29, 0.717) is 0 Å². The molecule has 4 heteroatoms. The molecule has 0 radical (unpaired) electrons. The zero-order chi connectivity index (χ0) is 16.2. The molecule has 3 nitrogen and oxygen atoms in total. The van der Waals surface area contributed by atoms with Gasteiger partial charge < -0.3 is 0 Å². The average molecular weight is 324 g/mol. The van der Waals surface area contributed by atoms with Crippen molar-refractivity contribution in [1.82, 2.24) is 4.72 Å². The van der Waals surface area contributed by atoms with Gasteiger partial charge in [-0.05, 0) is 48.6 Å². The Balaban J connectivity index is 1.87. The first kappa shape index (κ1) is 17.5. The molecule has 1 aromatic carbocycles. The van der Waals surface area contributed by atoms with Crippen LogP contribution in [0.5, 0.6) is 0 Å². The lowest BCUT2D eigenvalue weighted by molar-refractivity contribution is 0.301. The highest BCUT2D eigenvalue weighted by Gasteiger charge is 2.26. The van der Waals surface area contributed by atoms with Gasteiger partial charge in [0.15, 0.2) is 0 Å². The molecule has 0 aromatic heterocycles. The van der Waals surface area contributed by atoms with E-state index in [2.05, 4.69) is 31.6 Å². The van der Waals surface area contributed by atoms with Gasteiger partial charge in [0.05, 0.1) is 5.75 Å². The number of benzene rings is 1. The zero-order valence-corrected chi connectivity index (χ0v) is 14.9. The van der Waals surface area contributed by atoms with Crippen LogP contribution in [0, 0.1) is 5.41 Å². The molecule has 0 heterocycles. The predicted molar refractivity (Wildman–Crippen MR) is 92.3 cm³/mol. The maximum absolute atomic E-state index is 12.3. The highest BCUT2D eigenvalue weighted by Crippen LogP contribution is 2.32. The van der Waals surface area contributed by atoms with Gasteiger partial charge in [-0.2, -0.15) is 0 Å². The van der Waals surface area contributed by atoms with Gasteiger partial charge in [-0.15, -0.1) is 0 Å². The van der Waals surface area contributed by atoms with Gasteiger partial charge in [0.1, 0.15) is 0 Å². The summed E-state index contributed by atoms with van der Waals surface area (Å²) in [5.41, 5.74) is 2.67. The highest BCUT2D eigenvalue weighted by molar-refractivity contribution is 7.89. The van der Waals surface area contributed by atoms with Crippen molar-refractivity contribution < 1.29 is 8.42 Å². The lowest BCUT2D eigenvalue weighted by Crippen LogP contribution is -2.30. The molecule has 124 valence electrons. The monoisotopic (exact) mass is 323 g/mol. The third kappa shape index (κ3) is 4.82. The standard InChI is InChI=1S/C18H29NO2S/c1-4-12-18(2,3)13-7-14-22(20,21)19-17-11-10-15-8-5-6-9-16(15)17/h5-6,8-9,17,19H,4,7,10-14H2,1-3H3. The van der Waals surface area contributed by atoms with E-state index in [9.17, 15) is 8.42 Å². The Morgan fingerprint density at radius 3 is 2.68 bits per heavy atom. The molecule has 1 atom stereocenters. The van der Waals surface area contributed by atoms with Gasteiger partial charge in [0, 0.05) is 6.04 Å². The summed E-state index contributed by atoms with van der Waals surface area (Å²) in [7, 11) is -3.20. The van der Waals surface area contributed by atoms with Crippen molar-refractivity contribution in [2.75, 3.05) is 5.75 Å². The van der Waals surface area contributed by atoms with Crippen LogP contribution >= 0.6 is 0 Å². The molecule has 0 amide bonds. The van der Waals surface area contributed by atoms with E-state index in [-0.39, 0.29) is 17.2 Å². The molecule has 0 spiro atoms. The Bertz CT molecular complexity index is 593. The molecule has 1 unspecified atom stereocenters. The quantitative estimate of drug-likeness (QED) is 0.779. The fourth-order valence-corrected chi connectivity index (χ4v) is 4.82. The maximum Gasteiger partial charge on any atom is 0.212 e. The van der Waals surface area contributed by atoms with E-state index in [1.54, 1.807) is 0 Å². The van der Waals surface area contributed by atoms with Crippen LogP contribution in [0.4, 0.5) is 0 Å². The lowest BCUT2D eigenvalue weighted by atomic mass is 9.84. The fourth-order valence-electron chi connectivity index (χ4n) is 3.50. The smallest absolute Gasteiger partial charge is 0.212 e. The molecule has 1 aliphatic carbocycles. The topological polar surface area (TPSA) is 46.2 Å². The van der Waals surface area contributed by atoms with Gasteiger partial charge in [-0.1, -0.05) is 51.5 Å². The second kappa shape index (κ2) is 7.14. The van der Waals surface area contributed by atoms with Crippen molar-refractivity contribution >= 4 is 10.0 Å². The molecule has 0 bridgehead atoms. The SMILES string of the molecule is CCCC(C)(C)CCCS(=O)(=O)NC1CCc2ccccc21. The number of hydrogen-bond donors (Lipinski definition) is 1. The Kier molecular flexibility index (Phi) is 5.67. The number of fused-ring (bicyclic) bond motifs is 1. The average Bonchev–Trinajstić information content (AvgIpc) is 2.81. The fraction of sp³-hybridized carbons (Fsp3) is 0.667. The summed E-state index contributed by atoms with van der Waals surface area (Å²) in [6.45, 7) is 6.63. The van der Waals surface area contributed by atoms with Crippen LogP contribution in [0.1, 0.15) is 70.0 Å². The van der Waals surface area contributed by atoms with Gasteiger partial charge in [0.25, 0.3) is 0 Å². The summed E-state index contributed by atoms with van der Waals surface area (Å²) in [5, 5.41) is 0. The van der Waals surface area contributed by atoms with E-state index in [1.165, 1.54) is 5.56 Å². The molecule has 0 aliphatic heterocycles. The first-order valence-electron chi connectivity index (χ1n) is 8.41. The number of rotatable bonds is 8. The van der Waals surface area contributed by atoms with Crippen molar-refractivity contribution in [2.24, 2.45) is 5.41 Å². The van der Waals surface area contributed by atoms with Crippen LogP contribution in [-0.2, 0) is 16.4 Å². The first-order chi connectivity index (χ1) is 10.3. The van der Waals surface area contributed by atoms with Crippen LogP contribution in [0.25, 0.3) is 0 Å². The van der Waals surface area contributed by atoms with Crippen molar-refractivity contribution in [2.45, 2.75) is 65.3 Å². The van der Waals surface area contributed by atoms with Crippen LogP contribution in [0.3, 0.4) is 0 Å². The van der Waals surface area contributed by atoms with E-state index >= 15 is 0 Å². The van der Waals surface area contributed by atoms with Gasteiger partial charge in [-0.3, -0.25) is 0 Å². The third-order valence-corrected chi connectivity index (χ3v) is 6.12.